The zero-order chi connectivity index (χ0) is 32.4. The second-order valence-electron chi connectivity index (χ2n) is 15.6. The van der Waals surface area contributed by atoms with E-state index in [1.165, 1.54) is 44.6 Å². The Morgan fingerprint density at radius 1 is 1.04 bits per heavy atom. The molecule has 1 aromatic carbocycles. The molecule has 0 radical (unpaired) electrons. The number of esters is 1. The van der Waals surface area contributed by atoms with E-state index in [1.807, 2.05) is 25.1 Å². The van der Waals surface area contributed by atoms with E-state index in [-0.39, 0.29) is 24.1 Å². The maximum absolute atomic E-state index is 12.8. The van der Waals surface area contributed by atoms with Crippen LogP contribution in [0.3, 0.4) is 0 Å². The monoisotopic (exact) mass is 616 g/mol. The average molecular weight is 617 g/mol. The minimum atomic E-state index is -0.287. The molecule has 9 unspecified atom stereocenters. The van der Waals surface area contributed by atoms with Crippen molar-refractivity contribution in [1.29, 1.82) is 0 Å². The van der Waals surface area contributed by atoms with E-state index in [1.54, 1.807) is 11.6 Å². The summed E-state index contributed by atoms with van der Waals surface area (Å²) in [5, 5.41) is 9.70. The highest BCUT2D eigenvalue weighted by atomic mass is 16.5. The second-order valence-corrected chi connectivity index (χ2v) is 15.6. The van der Waals surface area contributed by atoms with Crippen molar-refractivity contribution in [3.8, 4) is 5.75 Å². The van der Waals surface area contributed by atoms with Crippen LogP contribution in [0.5, 0.6) is 5.75 Å². The van der Waals surface area contributed by atoms with Crippen LogP contribution in [0.2, 0.25) is 0 Å². The Kier molecular flexibility index (Phi) is 10.7. The van der Waals surface area contributed by atoms with Gasteiger partial charge in [0.05, 0.1) is 13.2 Å². The molecule has 0 bridgehead atoms. The van der Waals surface area contributed by atoms with Gasteiger partial charge >= 0.3 is 5.97 Å². The minimum absolute atomic E-state index is 0.0542. The summed E-state index contributed by atoms with van der Waals surface area (Å²) in [7, 11) is 0. The molecule has 4 aliphatic rings. The highest BCUT2D eigenvalue weighted by Crippen LogP contribution is 2.67. The van der Waals surface area contributed by atoms with Gasteiger partial charge < -0.3 is 14.6 Å². The lowest BCUT2D eigenvalue weighted by Crippen LogP contribution is -2.51. The molecule has 0 amide bonds. The summed E-state index contributed by atoms with van der Waals surface area (Å²) >= 11 is 0. The first-order chi connectivity index (χ1) is 21.5. The molecule has 3 saturated carbocycles. The van der Waals surface area contributed by atoms with Gasteiger partial charge in [0.2, 0.25) is 0 Å². The first kappa shape index (κ1) is 34.0. The van der Waals surface area contributed by atoms with Crippen molar-refractivity contribution in [1.82, 2.24) is 0 Å². The number of carbonyl (C=O) groups excluding carboxylic acids is 1. The average Bonchev–Trinajstić information content (AvgIpc) is 3.38. The van der Waals surface area contributed by atoms with E-state index in [2.05, 4.69) is 59.8 Å². The maximum atomic E-state index is 12.8. The van der Waals surface area contributed by atoms with Gasteiger partial charge in [0.25, 0.3) is 0 Å². The van der Waals surface area contributed by atoms with Crippen LogP contribution in [-0.4, -0.2) is 23.8 Å². The summed E-state index contributed by atoms with van der Waals surface area (Å²) in [5.74, 6) is 5.61. The first-order valence-electron chi connectivity index (χ1n) is 18.2. The lowest BCUT2D eigenvalue weighted by Gasteiger charge is -2.58. The summed E-state index contributed by atoms with van der Waals surface area (Å²) in [6.07, 6.45) is 21.8. The molecule has 4 aliphatic carbocycles. The van der Waals surface area contributed by atoms with Crippen LogP contribution in [0, 0.1) is 52.3 Å². The van der Waals surface area contributed by atoms with E-state index < -0.39 is 0 Å². The van der Waals surface area contributed by atoms with Crippen molar-refractivity contribution in [3.63, 3.8) is 0 Å². The van der Waals surface area contributed by atoms with Gasteiger partial charge in [-0.2, -0.15) is 0 Å². The molecule has 9 atom stereocenters. The Hall–Kier alpha value is -2.33. The largest absolute Gasteiger partial charge is 0.494 e. The Balaban J connectivity index is 1.21. The first-order valence-corrected chi connectivity index (χ1v) is 18.2. The van der Waals surface area contributed by atoms with Crippen LogP contribution in [-0.2, 0) is 16.1 Å². The fraction of sp³-hybridized carbons (Fsp3) is 0.683. The number of rotatable bonds is 11. The molecule has 0 spiro atoms. The SMILES string of the molecule is CCOc1ccc(/C=C/C(=O)OC2CCC3(C)C(=CCC4C3CCC3(C)C(C(C)/C=C/C(CC)C(C)C)CCC43)C2)cc1CO. The van der Waals surface area contributed by atoms with Crippen LogP contribution in [0.15, 0.2) is 48.1 Å². The van der Waals surface area contributed by atoms with E-state index in [4.69, 9.17) is 9.47 Å². The third-order valence-electron chi connectivity index (χ3n) is 13.0. The van der Waals surface area contributed by atoms with Crippen LogP contribution in [0.25, 0.3) is 6.08 Å². The zero-order valence-corrected chi connectivity index (χ0v) is 29.2. The molecule has 0 saturated heterocycles. The van der Waals surface area contributed by atoms with Crippen molar-refractivity contribution in [2.24, 2.45) is 52.3 Å². The highest BCUT2D eigenvalue weighted by Gasteiger charge is 2.59. The summed E-state index contributed by atoms with van der Waals surface area (Å²) in [5.41, 5.74) is 3.80. The van der Waals surface area contributed by atoms with Gasteiger partial charge in [-0.1, -0.05) is 71.4 Å². The number of ether oxygens (including phenoxy) is 2. The zero-order valence-electron chi connectivity index (χ0n) is 29.2. The molecule has 45 heavy (non-hydrogen) atoms. The second kappa shape index (κ2) is 14.2. The quantitative estimate of drug-likeness (QED) is 0.153. The molecular weight excluding hydrogens is 556 g/mol. The Morgan fingerprint density at radius 2 is 1.84 bits per heavy atom. The minimum Gasteiger partial charge on any atom is -0.494 e. The highest BCUT2D eigenvalue weighted by molar-refractivity contribution is 5.87. The topological polar surface area (TPSA) is 55.8 Å². The molecule has 0 heterocycles. The fourth-order valence-corrected chi connectivity index (χ4v) is 10.4. The van der Waals surface area contributed by atoms with Crippen LogP contribution < -0.4 is 4.74 Å². The van der Waals surface area contributed by atoms with E-state index in [0.717, 1.165) is 54.1 Å². The van der Waals surface area contributed by atoms with Crippen LogP contribution in [0.1, 0.15) is 117 Å². The Bertz CT molecular complexity index is 1270. The molecule has 3 fully saturated rings. The summed E-state index contributed by atoms with van der Waals surface area (Å²) in [6.45, 7) is 17.1. The van der Waals surface area contributed by atoms with Crippen molar-refractivity contribution < 1.29 is 19.4 Å². The number of hydrogen-bond donors (Lipinski definition) is 1. The van der Waals surface area contributed by atoms with Gasteiger partial charge in [0.15, 0.2) is 0 Å². The van der Waals surface area contributed by atoms with Gasteiger partial charge in [0.1, 0.15) is 11.9 Å². The number of fused-ring (bicyclic) bond motifs is 5. The van der Waals surface area contributed by atoms with Crippen molar-refractivity contribution in [2.75, 3.05) is 6.61 Å². The number of aliphatic hydroxyl groups is 1. The lowest BCUT2D eigenvalue weighted by molar-refractivity contribution is -0.145. The summed E-state index contributed by atoms with van der Waals surface area (Å²) < 4.78 is 11.6. The van der Waals surface area contributed by atoms with Crippen LogP contribution >= 0.6 is 0 Å². The van der Waals surface area contributed by atoms with Crippen LogP contribution in [0.4, 0.5) is 0 Å². The number of allylic oxidation sites excluding steroid dienone is 3. The molecule has 0 aromatic heterocycles. The predicted octanol–water partition coefficient (Wildman–Crippen LogP) is 9.96. The Morgan fingerprint density at radius 3 is 2.56 bits per heavy atom. The molecule has 4 heteroatoms. The van der Waals surface area contributed by atoms with E-state index >= 15 is 0 Å². The standard InChI is InChI=1S/C41H60O4/c1-8-30(27(3)4)13-10-28(5)35-16-17-36-34-15-14-32-25-33(20-22-40(32,6)37(34)21-23-41(35,36)7)45-39(43)19-12-29-11-18-38(44-9-2)31(24-29)26-42/h10-14,18-19,24,27-28,30,33-37,42H,8-9,15-17,20-23,25-26H2,1-7H3/b13-10+,19-12+. The third kappa shape index (κ3) is 6.87. The number of aliphatic hydroxyl groups excluding tert-OH is 1. The van der Waals surface area contributed by atoms with Crippen molar-refractivity contribution in [2.45, 2.75) is 119 Å². The number of benzene rings is 1. The van der Waals surface area contributed by atoms with Gasteiger partial charge in [-0.25, -0.2) is 4.79 Å². The van der Waals surface area contributed by atoms with Gasteiger partial charge in [0, 0.05) is 18.1 Å². The van der Waals surface area contributed by atoms with Gasteiger partial charge in [-0.3, -0.25) is 0 Å². The van der Waals surface area contributed by atoms with E-state index in [9.17, 15) is 9.90 Å². The smallest absolute Gasteiger partial charge is 0.331 e. The van der Waals surface area contributed by atoms with Crippen molar-refractivity contribution in [3.05, 3.63) is 59.2 Å². The molecule has 1 N–H and O–H groups in total. The molecular formula is C41H60O4. The fourth-order valence-electron chi connectivity index (χ4n) is 10.4. The molecule has 248 valence electrons. The third-order valence-corrected chi connectivity index (χ3v) is 13.0. The summed E-state index contributed by atoms with van der Waals surface area (Å²) in [4.78, 5) is 12.8. The van der Waals surface area contributed by atoms with Crippen molar-refractivity contribution >= 4 is 12.0 Å². The summed E-state index contributed by atoms with van der Waals surface area (Å²) in [6, 6.07) is 5.60. The normalized spacial score (nSPS) is 34.2. The van der Waals surface area contributed by atoms with Gasteiger partial charge in [-0.05, 0) is 134 Å². The molecule has 4 nitrogen and oxygen atoms in total. The number of carbonyl (C=O) groups is 1. The molecule has 0 aliphatic heterocycles. The lowest BCUT2D eigenvalue weighted by atomic mass is 9.47. The Labute approximate surface area is 273 Å². The van der Waals surface area contributed by atoms with Gasteiger partial charge in [-0.15, -0.1) is 0 Å². The molecule has 1 aromatic rings. The number of hydrogen-bond acceptors (Lipinski definition) is 4. The van der Waals surface area contributed by atoms with E-state index in [0.29, 0.717) is 35.5 Å². The predicted molar refractivity (Wildman–Crippen MR) is 185 cm³/mol. The maximum Gasteiger partial charge on any atom is 0.331 e. The molecule has 5 rings (SSSR count).